The van der Waals surface area contributed by atoms with Crippen molar-refractivity contribution in [3.05, 3.63) is 57.6 Å². The number of carbonyl (C=O) groups is 1. The average molecular weight is 351 g/mol. The summed E-state index contributed by atoms with van der Waals surface area (Å²) in [6.07, 6.45) is -0.937. The maximum absolute atomic E-state index is 12.1. The molecule has 1 amide bonds. The van der Waals surface area contributed by atoms with Gasteiger partial charge in [0.1, 0.15) is 5.75 Å². The second kappa shape index (κ2) is 7.65. The number of hydrogen-bond acceptors (Lipinski definition) is 5. The topological polar surface area (TPSA) is 90.7 Å². The first kappa shape index (κ1) is 17.6. The van der Waals surface area contributed by atoms with Crippen LogP contribution in [0.25, 0.3) is 0 Å². The van der Waals surface area contributed by atoms with E-state index in [-0.39, 0.29) is 11.4 Å². The van der Waals surface area contributed by atoms with Crippen LogP contribution < -0.4 is 14.8 Å². The molecule has 0 spiro atoms. The van der Waals surface area contributed by atoms with Crippen molar-refractivity contribution in [2.45, 2.75) is 13.0 Å². The van der Waals surface area contributed by atoms with Gasteiger partial charge in [-0.2, -0.15) is 0 Å². The standard InChI is InChI=1S/C16H15ClN2O5/c1-10(16(20)18-12-5-3-11(17)4-6-12)24-15-8-7-13(23-2)9-14(15)19(21)22/h3-10H,1-2H3,(H,18,20)/t10-/m1/s1. The smallest absolute Gasteiger partial charge is 0.314 e. The van der Waals surface area contributed by atoms with Gasteiger partial charge in [0.25, 0.3) is 5.91 Å². The van der Waals surface area contributed by atoms with Crippen LogP contribution in [0.5, 0.6) is 11.5 Å². The Kier molecular flexibility index (Phi) is 5.59. The summed E-state index contributed by atoms with van der Waals surface area (Å²) in [5.74, 6) is -0.130. The van der Waals surface area contributed by atoms with Crippen LogP contribution in [-0.4, -0.2) is 24.0 Å². The van der Waals surface area contributed by atoms with E-state index in [1.165, 1.54) is 32.2 Å². The van der Waals surface area contributed by atoms with Crippen molar-refractivity contribution in [1.29, 1.82) is 0 Å². The lowest BCUT2D eigenvalue weighted by Gasteiger charge is -2.15. The van der Waals surface area contributed by atoms with E-state index in [1.54, 1.807) is 24.3 Å². The Bertz CT molecular complexity index is 749. The molecule has 0 aliphatic rings. The van der Waals surface area contributed by atoms with Crippen LogP contribution in [0.1, 0.15) is 6.92 Å². The molecule has 126 valence electrons. The number of amides is 1. The van der Waals surface area contributed by atoms with Gasteiger partial charge >= 0.3 is 5.69 Å². The molecular formula is C16H15ClN2O5. The minimum atomic E-state index is -0.937. The summed E-state index contributed by atoms with van der Waals surface area (Å²) in [5.41, 5.74) is 0.268. The molecule has 2 aromatic carbocycles. The molecule has 0 fully saturated rings. The highest BCUT2D eigenvalue weighted by Crippen LogP contribution is 2.31. The van der Waals surface area contributed by atoms with Gasteiger partial charge in [0, 0.05) is 10.7 Å². The van der Waals surface area contributed by atoms with Crippen molar-refractivity contribution in [3.63, 3.8) is 0 Å². The lowest BCUT2D eigenvalue weighted by Crippen LogP contribution is -2.30. The van der Waals surface area contributed by atoms with Crippen molar-refractivity contribution in [2.24, 2.45) is 0 Å². The van der Waals surface area contributed by atoms with Crippen LogP contribution in [0.15, 0.2) is 42.5 Å². The molecule has 0 aromatic heterocycles. The van der Waals surface area contributed by atoms with Crippen molar-refractivity contribution in [1.82, 2.24) is 0 Å². The first-order chi connectivity index (χ1) is 11.4. The number of methoxy groups -OCH3 is 1. The van der Waals surface area contributed by atoms with E-state index < -0.39 is 16.9 Å². The predicted octanol–water partition coefficient (Wildman–Crippen LogP) is 3.66. The minimum Gasteiger partial charge on any atom is -0.496 e. The van der Waals surface area contributed by atoms with Crippen molar-refractivity contribution in [2.75, 3.05) is 12.4 Å². The second-order valence-corrected chi connectivity index (χ2v) is 5.28. The zero-order valence-corrected chi connectivity index (χ0v) is 13.7. The lowest BCUT2D eigenvalue weighted by molar-refractivity contribution is -0.386. The van der Waals surface area contributed by atoms with E-state index >= 15 is 0 Å². The molecule has 0 unspecified atom stereocenters. The molecule has 2 rings (SSSR count). The second-order valence-electron chi connectivity index (χ2n) is 4.85. The summed E-state index contributed by atoms with van der Waals surface area (Å²) in [5, 5.41) is 14.3. The van der Waals surface area contributed by atoms with Gasteiger partial charge in [0.15, 0.2) is 11.9 Å². The number of rotatable bonds is 6. The SMILES string of the molecule is COc1ccc(O[C@H](C)C(=O)Nc2ccc(Cl)cc2)c([N+](=O)[O-])c1. The van der Waals surface area contributed by atoms with Gasteiger partial charge < -0.3 is 14.8 Å². The summed E-state index contributed by atoms with van der Waals surface area (Å²) in [7, 11) is 1.40. The average Bonchev–Trinajstić information content (AvgIpc) is 2.57. The molecule has 0 saturated heterocycles. The fourth-order valence-electron chi connectivity index (χ4n) is 1.89. The molecule has 1 atom stereocenters. The van der Waals surface area contributed by atoms with E-state index in [0.717, 1.165) is 0 Å². The third kappa shape index (κ3) is 4.36. The number of nitrogens with one attached hydrogen (secondary N) is 1. The molecule has 0 bridgehead atoms. The third-order valence-corrected chi connectivity index (χ3v) is 3.40. The predicted molar refractivity (Wildman–Crippen MR) is 89.8 cm³/mol. The molecule has 2 aromatic rings. The summed E-state index contributed by atoms with van der Waals surface area (Å²) in [6.45, 7) is 1.50. The maximum atomic E-state index is 12.1. The highest BCUT2D eigenvalue weighted by molar-refractivity contribution is 6.30. The molecule has 1 N–H and O–H groups in total. The fourth-order valence-corrected chi connectivity index (χ4v) is 2.01. The number of nitrogens with zero attached hydrogens (tertiary/aromatic N) is 1. The van der Waals surface area contributed by atoms with Crippen LogP contribution in [0.3, 0.4) is 0 Å². The first-order valence-corrected chi connectivity index (χ1v) is 7.34. The van der Waals surface area contributed by atoms with E-state index in [0.29, 0.717) is 16.5 Å². The Labute approximate surface area is 143 Å². The Morgan fingerprint density at radius 1 is 1.25 bits per heavy atom. The van der Waals surface area contributed by atoms with Gasteiger partial charge in [-0.05, 0) is 43.3 Å². The fraction of sp³-hybridized carbons (Fsp3) is 0.188. The molecular weight excluding hydrogens is 336 g/mol. The summed E-state index contributed by atoms with van der Waals surface area (Å²) >= 11 is 5.78. The number of benzene rings is 2. The highest BCUT2D eigenvalue weighted by atomic mass is 35.5. The Hall–Kier alpha value is -2.80. The lowest BCUT2D eigenvalue weighted by atomic mass is 10.2. The number of nitro groups is 1. The van der Waals surface area contributed by atoms with Crippen molar-refractivity contribution >= 4 is 28.9 Å². The minimum absolute atomic E-state index is 0.0143. The van der Waals surface area contributed by atoms with Gasteiger partial charge in [-0.15, -0.1) is 0 Å². The van der Waals surface area contributed by atoms with E-state index in [1.807, 2.05) is 0 Å². The van der Waals surface area contributed by atoms with Crippen molar-refractivity contribution in [3.8, 4) is 11.5 Å². The number of ether oxygens (including phenoxy) is 2. The molecule has 7 nitrogen and oxygen atoms in total. The van der Waals surface area contributed by atoms with Crippen LogP contribution in [0.2, 0.25) is 5.02 Å². The zero-order chi connectivity index (χ0) is 17.7. The number of nitro benzene ring substituents is 1. The number of halogens is 1. The Morgan fingerprint density at radius 3 is 2.50 bits per heavy atom. The van der Waals surface area contributed by atoms with Crippen LogP contribution in [0.4, 0.5) is 11.4 Å². The van der Waals surface area contributed by atoms with Gasteiger partial charge in [0.2, 0.25) is 0 Å². The Balaban J connectivity index is 2.10. The first-order valence-electron chi connectivity index (χ1n) is 6.96. The molecule has 0 saturated carbocycles. The van der Waals surface area contributed by atoms with Gasteiger partial charge in [-0.3, -0.25) is 14.9 Å². The summed E-state index contributed by atoms with van der Waals surface area (Å²) < 4.78 is 10.4. The summed E-state index contributed by atoms with van der Waals surface area (Å²) in [4.78, 5) is 22.7. The molecule has 8 heteroatoms. The monoisotopic (exact) mass is 350 g/mol. The largest absolute Gasteiger partial charge is 0.496 e. The van der Waals surface area contributed by atoms with Crippen LogP contribution in [0, 0.1) is 10.1 Å². The molecule has 0 aliphatic carbocycles. The highest BCUT2D eigenvalue weighted by Gasteiger charge is 2.22. The van der Waals surface area contributed by atoms with E-state index in [9.17, 15) is 14.9 Å². The van der Waals surface area contributed by atoms with Crippen molar-refractivity contribution < 1.29 is 19.2 Å². The quantitative estimate of drug-likeness (QED) is 0.634. The normalized spacial score (nSPS) is 11.5. The van der Waals surface area contributed by atoms with Crippen LogP contribution in [-0.2, 0) is 4.79 Å². The van der Waals surface area contributed by atoms with Gasteiger partial charge in [0.05, 0.1) is 18.1 Å². The Morgan fingerprint density at radius 2 is 1.92 bits per heavy atom. The number of carbonyl (C=O) groups excluding carboxylic acids is 1. The number of hydrogen-bond donors (Lipinski definition) is 1. The summed E-state index contributed by atoms with van der Waals surface area (Å²) in [6, 6.07) is 10.7. The zero-order valence-electron chi connectivity index (χ0n) is 13.0. The molecule has 0 aliphatic heterocycles. The van der Waals surface area contributed by atoms with E-state index in [2.05, 4.69) is 5.32 Å². The van der Waals surface area contributed by atoms with E-state index in [4.69, 9.17) is 21.1 Å². The number of anilines is 1. The molecule has 24 heavy (non-hydrogen) atoms. The third-order valence-electron chi connectivity index (χ3n) is 3.15. The van der Waals surface area contributed by atoms with Gasteiger partial charge in [-0.1, -0.05) is 11.6 Å². The van der Waals surface area contributed by atoms with Gasteiger partial charge in [-0.25, -0.2) is 0 Å². The van der Waals surface area contributed by atoms with Crippen LogP contribution >= 0.6 is 11.6 Å². The maximum Gasteiger partial charge on any atom is 0.314 e. The molecule has 0 radical (unpaired) electrons. The molecule has 0 heterocycles.